The van der Waals surface area contributed by atoms with Crippen molar-refractivity contribution in [1.29, 1.82) is 0 Å². The molecule has 0 fully saturated rings. The van der Waals surface area contributed by atoms with Crippen LogP contribution in [0.4, 0.5) is 0 Å². The van der Waals surface area contributed by atoms with E-state index in [1.165, 1.54) is 12.1 Å². The second kappa shape index (κ2) is 6.91. The summed E-state index contributed by atoms with van der Waals surface area (Å²) in [5, 5.41) is 0. The number of benzene rings is 1. The van der Waals surface area contributed by atoms with E-state index in [0.29, 0.717) is 28.7 Å². The molecule has 1 aromatic rings. The Bertz CT molecular complexity index is 616. The number of carbonyl (C=O) groups is 1. The van der Waals surface area contributed by atoms with Crippen LogP contribution in [0.2, 0.25) is 0 Å². The second-order valence-corrected chi connectivity index (χ2v) is 7.82. The standard InChI is InChI=1S/C13H17BrClNO3S/c1-4-6-16(5-2)13(17)11-7-10(20(15,18)19)8-12(14)9(11)3/h7-8H,4-6H2,1-3H3. The molecular weight excluding hydrogens is 366 g/mol. The molecule has 1 aromatic carbocycles. The van der Waals surface area contributed by atoms with Crippen molar-refractivity contribution in [2.75, 3.05) is 13.1 Å². The minimum atomic E-state index is -3.87. The van der Waals surface area contributed by atoms with E-state index in [1.54, 1.807) is 11.8 Å². The second-order valence-electron chi connectivity index (χ2n) is 4.40. The van der Waals surface area contributed by atoms with Gasteiger partial charge in [0.2, 0.25) is 0 Å². The average molecular weight is 383 g/mol. The largest absolute Gasteiger partial charge is 0.339 e. The zero-order valence-electron chi connectivity index (χ0n) is 11.6. The fourth-order valence-corrected chi connectivity index (χ4v) is 3.26. The first-order chi connectivity index (χ1) is 9.22. The van der Waals surface area contributed by atoms with Crippen LogP contribution in [0.3, 0.4) is 0 Å². The summed E-state index contributed by atoms with van der Waals surface area (Å²) in [5.74, 6) is -0.185. The van der Waals surface area contributed by atoms with Gasteiger partial charge in [0.05, 0.1) is 4.90 Å². The summed E-state index contributed by atoms with van der Waals surface area (Å²) in [6, 6.07) is 2.74. The summed E-state index contributed by atoms with van der Waals surface area (Å²) in [5.41, 5.74) is 1.06. The maximum atomic E-state index is 12.5. The van der Waals surface area contributed by atoms with Gasteiger partial charge in [-0.1, -0.05) is 22.9 Å². The van der Waals surface area contributed by atoms with Gasteiger partial charge in [-0.25, -0.2) is 8.42 Å². The Morgan fingerprint density at radius 2 is 1.95 bits per heavy atom. The van der Waals surface area contributed by atoms with Crippen molar-refractivity contribution in [2.24, 2.45) is 0 Å². The number of hydrogen-bond acceptors (Lipinski definition) is 3. The van der Waals surface area contributed by atoms with Crippen LogP contribution in [-0.4, -0.2) is 32.3 Å². The van der Waals surface area contributed by atoms with Crippen LogP contribution >= 0.6 is 26.6 Å². The third kappa shape index (κ3) is 3.96. The van der Waals surface area contributed by atoms with Crippen molar-refractivity contribution in [3.05, 3.63) is 27.7 Å². The summed E-state index contributed by atoms with van der Waals surface area (Å²) in [7, 11) is 1.49. The van der Waals surface area contributed by atoms with Gasteiger partial charge in [0.25, 0.3) is 15.0 Å². The maximum absolute atomic E-state index is 12.5. The molecule has 0 atom stereocenters. The van der Waals surface area contributed by atoms with Gasteiger partial charge in [0.15, 0.2) is 0 Å². The Balaban J connectivity index is 3.37. The molecule has 7 heteroatoms. The fourth-order valence-electron chi connectivity index (χ4n) is 1.86. The zero-order valence-corrected chi connectivity index (χ0v) is 14.8. The monoisotopic (exact) mass is 381 g/mol. The highest BCUT2D eigenvalue weighted by atomic mass is 79.9. The molecule has 4 nitrogen and oxygen atoms in total. The lowest BCUT2D eigenvalue weighted by Crippen LogP contribution is -2.32. The van der Waals surface area contributed by atoms with Crippen LogP contribution in [0.15, 0.2) is 21.5 Å². The number of halogens is 2. The number of rotatable bonds is 5. The van der Waals surface area contributed by atoms with E-state index in [9.17, 15) is 13.2 Å². The first-order valence-corrected chi connectivity index (χ1v) is 9.36. The lowest BCUT2D eigenvalue weighted by molar-refractivity contribution is 0.0763. The molecule has 0 spiro atoms. The Labute approximate surface area is 132 Å². The molecule has 0 N–H and O–H groups in total. The van der Waals surface area contributed by atoms with Crippen LogP contribution in [0.1, 0.15) is 36.2 Å². The molecular formula is C13H17BrClNO3S. The Morgan fingerprint density at radius 1 is 1.35 bits per heavy atom. The van der Waals surface area contributed by atoms with Gasteiger partial charge in [-0.15, -0.1) is 0 Å². The van der Waals surface area contributed by atoms with E-state index in [2.05, 4.69) is 15.9 Å². The van der Waals surface area contributed by atoms with Gasteiger partial charge in [-0.05, 0) is 38.0 Å². The molecule has 0 aliphatic heterocycles. The summed E-state index contributed by atoms with van der Waals surface area (Å²) < 4.78 is 23.5. The van der Waals surface area contributed by atoms with Gasteiger partial charge in [0, 0.05) is 33.8 Å². The van der Waals surface area contributed by atoms with Crippen LogP contribution < -0.4 is 0 Å². The van der Waals surface area contributed by atoms with Gasteiger partial charge >= 0.3 is 0 Å². The molecule has 0 saturated heterocycles. The molecule has 112 valence electrons. The average Bonchev–Trinajstić information content (AvgIpc) is 2.37. The van der Waals surface area contributed by atoms with Crippen molar-refractivity contribution in [3.8, 4) is 0 Å². The summed E-state index contributed by atoms with van der Waals surface area (Å²) in [6.07, 6.45) is 0.841. The Morgan fingerprint density at radius 3 is 2.40 bits per heavy atom. The normalized spacial score (nSPS) is 11.4. The lowest BCUT2D eigenvalue weighted by atomic mass is 10.1. The molecule has 0 aromatic heterocycles. The van der Waals surface area contributed by atoms with E-state index >= 15 is 0 Å². The number of hydrogen-bond donors (Lipinski definition) is 0. The van der Waals surface area contributed by atoms with Crippen LogP contribution in [0, 0.1) is 6.92 Å². The van der Waals surface area contributed by atoms with Crippen LogP contribution in [0.25, 0.3) is 0 Å². The molecule has 0 radical (unpaired) electrons. The Hall–Kier alpha value is -0.590. The Kier molecular flexibility index (Phi) is 6.04. The molecule has 0 aliphatic rings. The zero-order chi connectivity index (χ0) is 15.5. The topological polar surface area (TPSA) is 54.5 Å². The van der Waals surface area contributed by atoms with E-state index in [1.807, 2.05) is 13.8 Å². The van der Waals surface area contributed by atoms with Crippen molar-refractivity contribution in [3.63, 3.8) is 0 Å². The van der Waals surface area contributed by atoms with Crippen molar-refractivity contribution < 1.29 is 13.2 Å². The third-order valence-corrected chi connectivity index (χ3v) is 5.15. The van der Waals surface area contributed by atoms with Gasteiger partial charge in [-0.3, -0.25) is 4.79 Å². The molecule has 0 unspecified atom stereocenters. The van der Waals surface area contributed by atoms with E-state index in [0.717, 1.165) is 6.42 Å². The van der Waals surface area contributed by atoms with Crippen LogP contribution in [-0.2, 0) is 9.05 Å². The summed E-state index contributed by atoms with van der Waals surface area (Å²) >= 11 is 3.27. The molecule has 1 rings (SSSR count). The quantitative estimate of drug-likeness (QED) is 0.732. The minimum absolute atomic E-state index is 0.0763. The lowest BCUT2D eigenvalue weighted by Gasteiger charge is -2.21. The number of amides is 1. The number of nitrogens with zero attached hydrogens (tertiary/aromatic N) is 1. The van der Waals surface area contributed by atoms with Gasteiger partial charge in [0.1, 0.15) is 0 Å². The van der Waals surface area contributed by atoms with E-state index in [-0.39, 0.29) is 10.8 Å². The first-order valence-electron chi connectivity index (χ1n) is 6.26. The highest BCUT2D eigenvalue weighted by Crippen LogP contribution is 2.27. The van der Waals surface area contributed by atoms with Gasteiger partial charge < -0.3 is 4.90 Å². The predicted octanol–water partition coefficient (Wildman–Crippen LogP) is 3.56. The summed E-state index contributed by atoms with van der Waals surface area (Å²) in [4.78, 5) is 14.1. The fraction of sp³-hybridized carbons (Fsp3) is 0.462. The molecule has 0 bridgehead atoms. The van der Waals surface area contributed by atoms with Crippen molar-refractivity contribution in [1.82, 2.24) is 4.90 Å². The highest BCUT2D eigenvalue weighted by Gasteiger charge is 2.21. The maximum Gasteiger partial charge on any atom is 0.261 e. The molecule has 0 heterocycles. The van der Waals surface area contributed by atoms with Crippen molar-refractivity contribution in [2.45, 2.75) is 32.1 Å². The molecule has 0 saturated carbocycles. The summed E-state index contributed by atoms with van der Waals surface area (Å²) in [6.45, 7) is 6.84. The molecule has 1 amide bonds. The van der Waals surface area contributed by atoms with Crippen LogP contribution in [0.5, 0.6) is 0 Å². The SMILES string of the molecule is CCCN(CC)C(=O)c1cc(S(=O)(=O)Cl)cc(Br)c1C. The van der Waals surface area contributed by atoms with E-state index in [4.69, 9.17) is 10.7 Å². The van der Waals surface area contributed by atoms with Gasteiger partial charge in [-0.2, -0.15) is 0 Å². The smallest absolute Gasteiger partial charge is 0.261 e. The molecule has 0 aliphatic carbocycles. The van der Waals surface area contributed by atoms with E-state index < -0.39 is 9.05 Å². The number of carbonyl (C=O) groups excluding carboxylic acids is 1. The third-order valence-electron chi connectivity index (χ3n) is 2.99. The van der Waals surface area contributed by atoms with Crippen molar-refractivity contribution >= 4 is 41.6 Å². The first kappa shape index (κ1) is 17.5. The molecule has 20 heavy (non-hydrogen) atoms. The predicted molar refractivity (Wildman–Crippen MR) is 83.8 cm³/mol. The highest BCUT2D eigenvalue weighted by molar-refractivity contribution is 9.10. The minimum Gasteiger partial charge on any atom is -0.339 e.